The zero-order valence-corrected chi connectivity index (χ0v) is 18.6. The highest BCUT2D eigenvalue weighted by Gasteiger charge is 2.11. The van der Waals surface area contributed by atoms with Crippen molar-refractivity contribution in [3.05, 3.63) is 59.2 Å². The van der Waals surface area contributed by atoms with Crippen LogP contribution in [0.3, 0.4) is 0 Å². The van der Waals surface area contributed by atoms with Gasteiger partial charge < -0.3 is 15.4 Å². The van der Waals surface area contributed by atoms with Crippen molar-refractivity contribution in [2.24, 2.45) is 10.9 Å². The molecule has 0 fully saturated rings. The zero-order chi connectivity index (χ0) is 21.4. The summed E-state index contributed by atoms with van der Waals surface area (Å²) in [6.07, 6.45) is 1.22. The second-order valence-corrected chi connectivity index (χ2v) is 9.45. The molecule has 2 aromatic carbocycles. The third kappa shape index (κ3) is 7.09. The van der Waals surface area contributed by atoms with E-state index in [1.54, 1.807) is 20.0 Å². The number of guanidine groups is 1. The maximum absolute atomic E-state index is 11.8. The molecule has 0 atom stereocenters. The molecule has 2 aromatic rings. The van der Waals surface area contributed by atoms with Crippen LogP contribution in [-0.4, -0.2) is 34.3 Å². The fraction of sp³-hybridized carbons (Fsp3) is 0.409. The monoisotopic (exact) mass is 417 g/mol. The van der Waals surface area contributed by atoms with E-state index < -0.39 is 9.84 Å². The van der Waals surface area contributed by atoms with Gasteiger partial charge in [-0.15, -0.1) is 0 Å². The summed E-state index contributed by atoms with van der Waals surface area (Å²) >= 11 is 0. The maximum atomic E-state index is 11.8. The minimum atomic E-state index is -3.21. The van der Waals surface area contributed by atoms with Crippen molar-refractivity contribution in [3.8, 4) is 5.75 Å². The van der Waals surface area contributed by atoms with Gasteiger partial charge in [0, 0.05) is 32.0 Å². The van der Waals surface area contributed by atoms with Crippen molar-refractivity contribution in [1.29, 1.82) is 0 Å². The largest absolute Gasteiger partial charge is 0.493 e. The smallest absolute Gasteiger partial charge is 0.191 e. The summed E-state index contributed by atoms with van der Waals surface area (Å²) in [4.78, 5) is 4.62. The van der Waals surface area contributed by atoms with Gasteiger partial charge >= 0.3 is 0 Å². The summed E-state index contributed by atoms with van der Waals surface area (Å²) in [6, 6.07) is 13.3. The first-order chi connectivity index (χ1) is 13.7. The number of sulfone groups is 1. The average Bonchev–Trinajstić information content (AvgIpc) is 2.66. The summed E-state index contributed by atoms with van der Waals surface area (Å²) < 4.78 is 29.4. The number of hydrogen-bond acceptors (Lipinski definition) is 4. The molecule has 2 N–H and O–H groups in total. The first kappa shape index (κ1) is 22.7. The van der Waals surface area contributed by atoms with E-state index in [0.717, 1.165) is 22.4 Å². The molecule has 0 saturated carbocycles. The van der Waals surface area contributed by atoms with Gasteiger partial charge in [0.25, 0.3) is 0 Å². The predicted molar refractivity (Wildman–Crippen MR) is 118 cm³/mol. The SMILES string of the molecule is CN=C(NCc1ccc(S(C)(=O)=O)c(C)c1)NCc1ccccc1OCC(C)C. The topological polar surface area (TPSA) is 79.8 Å². The van der Waals surface area contributed by atoms with Crippen LogP contribution in [0, 0.1) is 12.8 Å². The fourth-order valence-electron chi connectivity index (χ4n) is 2.87. The lowest BCUT2D eigenvalue weighted by Crippen LogP contribution is -2.36. The predicted octanol–water partition coefficient (Wildman–Crippen LogP) is 3.30. The van der Waals surface area contributed by atoms with E-state index in [9.17, 15) is 8.42 Å². The van der Waals surface area contributed by atoms with Gasteiger partial charge in [-0.05, 0) is 36.1 Å². The molecular formula is C22H31N3O3S. The van der Waals surface area contributed by atoms with Crippen molar-refractivity contribution >= 4 is 15.8 Å². The molecular weight excluding hydrogens is 386 g/mol. The maximum Gasteiger partial charge on any atom is 0.191 e. The van der Waals surface area contributed by atoms with E-state index in [1.807, 2.05) is 36.4 Å². The van der Waals surface area contributed by atoms with Crippen LogP contribution in [0.1, 0.15) is 30.5 Å². The fourth-order valence-corrected chi connectivity index (χ4v) is 3.83. The van der Waals surface area contributed by atoms with Gasteiger partial charge in [0.1, 0.15) is 5.75 Å². The van der Waals surface area contributed by atoms with Crippen molar-refractivity contribution < 1.29 is 13.2 Å². The Labute approximate surface area is 174 Å². The van der Waals surface area contributed by atoms with Crippen LogP contribution in [0.4, 0.5) is 0 Å². The van der Waals surface area contributed by atoms with Crippen LogP contribution in [0.2, 0.25) is 0 Å². The van der Waals surface area contributed by atoms with Gasteiger partial charge in [-0.3, -0.25) is 4.99 Å². The Balaban J connectivity index is 1.96. The normalized spacial score (nSPS) is 12.1. The minimum absolute atomic E-state index is 0.363. The molecule has 0 aromatic heterocycles. The molecule has 0 aliphatic rings. The van der Waals surface area contributed by atoms with Crippen molar-refractivity contribution in [1.82, 2.24) is 10.6 Å². The Morgan fingerprint density at radius 1 is 1.10 bits per heavy atom. The first-order valence-corrected chi connectivity index (χ1v) is 11.5. The minimum Gasteiger partial charge on any atom is -0.493 e. The Hall–Kier alpha value is -2.54. The summed E-state index contributed by atoms with van der Waals surface area (Å²) in [5.74, 6) is 1.99. The van der Waals surface area contributed by atoms with E-state index in [1.165, 1.54) is 6.26 Å². The van der Waals surface area contributed by atoms with E-state index >= 15 is 0 Å². The third-order valence-corrected chi connectivity index (χ3v) is 5.57. The molecule has 0 saturated heterocycles. The highest BCUT2D eigenvalue weighted by atomic mass is 32.2. The van der Waals surface area contributed by atoms with Crippen molar-refractivity contribution in [2.45, 2.75) is 38.8 Å². The Morgan fingerprint density at radius 2 is 1.79 bits per heavy atom. The lowest BCUT2D eigenvalue weighted by atomic mass is 10.1. The number of nitrogens with zero attached hydrogens (tertiary/aromatic N) is 1. The van der Waals surface area contributed by atoms with Crippen LogP contribution in [-0.2, 0) is 22.9 Å². The lowest BCUT2D eigenvalue weighted by Gasteiger charge is -2.16. The highest BCUT2D eigenvalue weighted by molar-refractivity contribution is 7.90. The Morgan fingerprint density at radius 3 is 2.41 bits per heavy atom. The molecule has 7 heteroatoms. The summed E-state index contributed by atoms with van der Waals surface area (Å²) in [5.41, 5.74) is 2.79. The molecule has 0 aliphatic heterocycles. The molecule has 0 bridgehead atoms. The van der Waals surface area contributed by atoms with E-state index in [-0.39, 0.29) is 0 Å². The Kier molecular flexibility index (Phi) is 8.08. The van der Waals surface area contributed by atoms with Gasteiger partial charge in [0.05, 0.1) is 11.5 Å². The van der Waals surface area contributed by atoms with Gasteiger partial charge in [-0.25, -0.2) is 8.42 Å². The third-order valence-electron chi connectivity index (χ3n) is 4.31. The summed E-state index contributed by atoms with van der Waals surface area (Å²) in [7, 11) is -1.49. The molecule has 0 heterocycles. The van der Waals surface area contributed by atoms with E-state index in [4.69, 9.17) is 4.74 Å². The van der Waals surface area contributed by atoms with Crippen molar-refractivity contribution in [3.63, 3.8) is 0 Å². The van der Waals surface area contributed by atoms with Crippen LogP contribution in [0.25, 0.3) is 0 Å². The van der Waals surface area contributed by atoms with Gasteiger partial charge in [-0.1, -0.05) is 44.2 Å². The van der Waals surface area contributed by atoms with E-state index in [2.05, 4.69) is 29.5 Å². The number of aliphatic imine (C=N–C) groups is 1. The standard InChI is InChI=1S/C22H31N3O3S/c1-16(2)15-28-20-9-7-6-8-19(20)14-25-22(23-4)24-13-18-10-11-21(17(3)12-18)29(5,26)27/h6-12,16H,13-15H2,1-5H3,(H2,23,24,25). The Bertz CT molecular complexity index is 954. The van der Waals surface area contributed by atoms with Crippen LogP contribution in [0.5, 0.6) is 5.75 Å². The molecule has 2 rings (SSSR count). The number of ether oxygens (including phenoxy) is 1. The molecule has 6 nitrogen and oxygen atoms in total. The number of hydrogen-bond donors (Lipinski definition) is 2. The first-order valence-electron chi connectivity index (χ1n) is 9.65. The molecule has 29 heavy (non-hydrogen) atoms. The number of aryl methyl sites for hydroxylation is 1. The van der Waals surface area contributed by atoms with Crippen LogP contribution in [0.15, 0.2) is 52.4 Å². The molecule has 0 amide bonds. The molecule has 158 valence electrons. The number of nitrogens with one attached hydrogen (secondary N) is 2. The van der Waals surface area contributed by atoms with Gasteiger partial charge in [0.2, 0.25) is 0 Å². The lowest BCUT2D eigenvalue weighted by molar-refractivity contribution is 0.268. The number of rotatable bonds is 8. The average molecular weight is 418 g/mol. The van der Waals surface area contributed by atoms with Gasteiger partial charge in [-0.2, -0.15) is 0 Å². The zero-order valence-electron chi connectivity index (χ0n) is 17.8. The second-order valence-electron chi connectivity index (χ2n) is 7.46. The van der Waals surface area contributed by atoms with Gasteiger partial charge in [0.15, 0.2) is 15.8 Å². The summed E-state index contributed by atoms with van der Waals surface area (Å²) in [6.45, 7) is 7.84. The quantitative estimate of drug-likeness (QED) is 0.509. The molecule has 0 aliphatic carbocycles. The van der Waals surface area contributed by atoms with Crippen molar-refractivity contribution in [2.75, 3.05) is 19.9 Å². The summed E-state index contributed by atoms with van der Waals surface area (Å²) in [5, 5.41) is 6.56. The second kappa shape index (κ2) is 10.3. The molecule has 0 radical (unpaired) electrons. The van der Waals surface area contributed by atoms with Crippen LogP contribution >= 0.6 is 0 Å². The molecule has 0 spiro atoms. The van der Waals surface area contributed by atoms with E-state index in [0.29, 0.717) is 36.5 Å². The van der Waals surface area contributed by atoms with Crippen LogP contribution < -0.4 is 15.4 Å². The number of benzene rings is 2. The highest BCUT2D eigenvalue weighted by Crippen LogP contribution is 2.19. The molecule has 0 unspecified atom stereocenters. The number of para-hydroxylation sites is 1.